The number of phenolic OH excluding ortho intramolecular Hbond substituents is 1. The van der Waals surface area contributed by atoms with Crippen molar-refractivity contribution in [2.75, 3.05) is 0 Å². The second kappa shape index (κ2) is 4.59. The fraction of sp³-hybridized carbons (Fsp3) is 0.286. The van der Waals surface area contributed by atoms with Crippen LogP contribution in [0.4, 0.5) is 4.39 Å². The average Bonchev–Trinajstić information content (AvgIpc) is 2.42. The van der Waals surface area contributed by atoms with E-state index in [1.54, 1.807) is 12.3 Å². The van der Waals surface area contributed by atoms with E-state index in [4.69, 9.17) is 5.73 Å². The summed E-state index contributed by atoms with van der Waals surface area (Å²) in [5, 5.41) is 9.19. The van der Waals surface area contributed by atoms with Gasteiger partial charge in [-0.3, -0.25) is 0 Å². The summed E-state index contributed by atoms with van der Waals surface area (Å²) in [5.41, 5.74) is 8.48. The largest absolute Gasteiger partial charge is 0.505 e. The molecule has 0 amide bonds. The number of aryl methyl sites for hydroxylation is 1. The molecule has 2 aromatic rings. The van der Waals surface area contributed by atoms with Crippen LogP contribution in [0.1, 0.15) is 30.1 Å². The molecule has 1 aliphatic rings. The minimum Gasteiger partial charge on any atom is -0.505 e. The Morgan fingerprint density at radius 3 is 3.00 bits per heavy atom. The zero-order valence-electron chi connectivity index (χ0n) is 10.3. The SMILES string of the molecule is NC1CCCc2nc(-c3ccc(O)c(F)c3)ncc21. The van der Waals surface area contributed by atoms with Crippen LogP contribution >= 0.6 is 0 Å². The summed E-state index contributed by atoms with van der Waals surface area (Å²) in [5.74, 6) is -0.578. The smallest absolute Gasteiger partial charge is 0.165 e. The molecule has 0 spiro atoms. The Morgan fingerprint density at radius 2 is 2.21 bits per heavy atom. The van der Waals surface area contributed by atoms with Crippen molar-refractivity contribution in [3.8, 4) is 17.1 Å². The maximum atomic E-state index is 13.3. The van der Waals surface area contributed by atoms with Gasteiger partial charge in [0.1, 0.15) is 0 Å². The van der Waals surface area contributed by atoms with E-state index in [9.17, 15) is 9.50 Å². The molecular weight excluding hydrogens is 245 g/mol. The fourth-order valence-corrected chi connectivity index (χ4v) is 2.37. The zero-order valence-corrected chi connectivity index (χ0v) is 10.3. The Kier molecular flexibility index (Phi) is 2.91. The number of aromatic nitrogens is 2. The topological polar surface area (TPSA) is 72.0 Å². The highest BCUT2D eigenvalue weighted by molar-refractivity contribution is 5.57. The average molecular weight is 259 g/mol. The van der Waals surface area contributed by atoms with Crippen molar-refractivity contribution < 1.29 is 9.50 Å². The van der Waals surface area contributed by atoms with Crippen molar-refractivity contribution in [1.29, 1.82) is 0 Å². The molecule has 5 heteroatoms. The second-order valence-corrected chi connectivity index (χ2v) is 4.76. The Balaban J connectivity index is 2.04. The van der Waals surface area contributed by atoms with E-state index < -0.39 is 5.82 Å². The van der Waals surface area contributed by atoms with Crippen LogP contribution in [0.25, 0.3) is 11.4 Å². The van der Waals surface area contributed by atoms with Crippen LogP contribution in [0.15, 0.2) is 24.4 Å². The van der Waals surface area contributed by atoms with Gasteiger partial charge in [0.15, 0.2) is 17.4 Å². The van der Waals surface area contributed by atoms with E-state index in [2.05, 4.69) is 9.97 Å². The quantitative estimate of drug-likeness (QED) is 0.824. The minimum absolute atomic E-state index is 0.00523. The molecule has 1 aromatic heterocycles. The minimum atomic E-state index is -0.671. The molecule has 1 aromatic carbocycles. The lowest BCUT2D eigenvalue weighted by Crippen LogP contribution is -2.19. The van der Waals surface area contributed by atoms with Gasteiger partial charge in [-0.2, -0.15) is 0 Å². The number of aromatic hydroxyl groups is 1. The van der Waals surface area contributed by atoms with Gasteiger partial charge in [-0.1, -0.05) is 0 Å². The molecule has 0 saturated heterocycles. The predicted octanol–water partition coefficient (Wildman–Crippen LogP) is 2.32. The van der Waals surface area contributed by atoms with Gasteiger partial charge < -0.3 is 10.8 Å². The summed E-state index contributed by atoms with van der Waals surface area (Å²) < 4.78 is 13.3. The first-order valence-corrected chi connectivity index (χ1v) is 6.25. The lowest BCUT2D eigenvalue weighted by molar-refractivity contribution is 0.432. The van der Waals surface area contributed by atoms with Crippen LogP contribution in [-0.4, -0.2) is 15.1 Å². The monoisotopic (exact) mass is 259 g/mol. The Hall–Kier alpha value is -2.01. The number of benzene rings is 1. The molecule has 1 heterocycles. The summed E-state index contributed by atoms with van der Waals surface area (Å²) >= 11 is 0. The summed E-state index contributed by atoms with van der Waals surface area (Å²) in [7, 11) is 0. The lowest BCUT2D eigenvalue weighted by atomic mass is 9.93. The first kappa shape index (κ1) is 12.0. The highest BCUT2D eigenvalue weighted by Crippen LogP contribution is 2.28. The van der Waals surface area contributed by atoms with Gasteiger partial charge in [0.05, 0.1) is 0 Å². The van der Waals surface area contributed by atoms with Crippen LogP contribution in [0, 0.1) is 5.82 Å². The molecule has 4 nitrogen and oxygen atoms in total. The number of fused-ring (bicyclic) bond motifs is 1. The number of halogens is 1. The number of rotatable bonds is 1. The second-order valence-electron chi connectivity index (χ2n) is 4.76. The number of hydrogen-bond donors (Lipinski definition) is 2. The van der Waals surface area contributed by atoms with Crippen LogP contribution in [0.2, 0.25) is 0 Å². The fourth-order valence-electron chi connectivity index (χ4n) is 2.37. The van der Waals surface area contributed by atoms with Gasteiger partial charge in [0.25, 0.3) is 0 Å². The third-order valence-electron chi connectivity index (χ3n) is 3.43. The molecule has 0 radical (unpaired) electrons. The first-order chi connectivity index (χ1) is 9.15. The highest BCUT2D eigenvalue weighted by Gasteiger charge is 2.19. The van der Waals surface area contributed by atoms with Crippen LogP contribution < -0.4 is 5.73 Å². The van der Waals surface area contributed by atoms with E-state index in [1.807, 2.05) is 0 Å². The van der Waals surface area contributed by atoms with E-state index in [0.29, 0.717) is 11.4 Å². The van der Waals surface area contributed by atoms with Gasteiger partial charge in [0, 0.05) is 29.1 Å². The van der Waals surface area contributed by atoms with Gasteiger partial charge >= 0.3 is 0 Å². The molecule has 98 valence electrons. The van der Waals surface area contributed by atoms with Crippen LogP contribution in [0.5, 0.6) is 5.75 Å². The van der Waals surface area contributed by atoms with Gasteiger partial charge in [-0.15, -0.1) is 0 Å². The van der Waals surface area contributed by atoms with E-state index in [0.717, 1.165) is 30.5 Å². The Labute approximate surface area is 110 Å². The van der Waals surface area contributed by atoms with Crippen molar-refractivity contribution in [2.45, 2.75) is 25.3 Å². The number of hydrogen-bond acceptors (Lipinski definition) is 4. The molecule has 0 aliphatic heterocycles. The Bertz CT molecular complexity index is 630. The lowest BCUT2D eigenvalue weighted by Gasteiger charge is -2.21. The maximum absolute atomic E-state index is 13.3. The molecule has 1 unspecified atom stereocenters. The van der Waals surface area contributed by atoms with E-state index in [-0.39, 0.29) is 11.8 Å². The van der Waals surface area contributed by atoms with E-state index in [1.165, 1.54) is 12.1 Å². The molecule has 1 aliphatic carbocycles. The summed E-state index contributed by atoms with van der Waals surface area (Å²) in [6.07, 6.45) is 4.56. The van der Waals surface area contributed by atoms with E-state index >= 15 is 0 Å². The number of phenols is 1. The van der Waals surface area contributed by atoms with Crippen molar-refractivity contribution in [3.63, 3.8) is 0 Å². The van der Waals surface area contributed by atoms with Crippen LogP contribution in [-0.2, 0) is 6.42 Å². The maximum Gasteiger partial charge on any atom is 0.165 e. The number of nitrogens with zero attached hydrogens (tertiary/aromatic N) is 2. The molecular formula is C14H14FN3O. The zero-order chi connectivity index (χ0) is 13.4. The van der Waals surface area contributed by atoms with Crippen LogP contribution in [0.3, 0.4) is 0 Å². The summed E-state index contributed by atoms with van der Waals surface area (Å²) in [6, 6.07) is 4.14. The van der Waals surface area contributed by atoms with Gasteiger partial charge in [0.2, 0.25) is 0 Å². The first-order valence-electron chi connectivity index (χ1n) is 6.25. The normalized spacial score (nSPS) is 18.1. The third-order valence-corrected chi connectivity index (χ3v) is 3.43. The standard InChI is InChI=1S/C14H14FN3O/c15-10-6-8(4-5-13(10)19)14-17-7-9-11(16)2-1-3-12(9)18-14/h4-7,11,19H,1-3,16H2. The summed E-state index contributed by atoms with van der Waals surface area (Å²) in [6.45, 7) is 0. The van der Waals surface area contributed by atoms with Crippen molar-refractivity contribution in [1.82, 2.24) is 9.97 Å². The highest BCUT2D eigenvalue weighted by atomic mass is 19.1. The molecule has 0 saturated carbocycles. The molecule has 3 rings (SSSR count). The third kappa shape index (κ3) is 2.17. The Morgan fingerprint density at radius 1 is 1.37 bits per heavy atom. The molecule has 3 N–H and O–H groups in total. The van der Waals surface area contributed by atoms with Gasteiger partial charge in [-0.25, -0.2) is 14.4 Å². The predicted molar refractivity (Wildman–Crippen MR) is 69.0 cm³/mol. The molecule has 0 fully saturated rings. The van der Waals surface area contributed by atoms with Gasteiger partial charge in [-0.05, 0) is 37.5 Å². The van der Waals surface area contributed by atoms with Crippen molar-refractivity contribution >= 4 is 0 Å². The number of nitrogens with two attached hydrogens (primary N) is 1. The molecule has 1 atom stereocenters. The molecule has 19 heavy (non-hydrogen) atoms. The molecule has 0 bridgehead atoms. The van der Waals surface area contributed by atoms with Crippen molar-refractivity contribution in [3.05, 3.63) is 41.5 Å². The van der Waals surface area contributed by atoms with Crippen molar-refractivity contribution in [2.24, 2.45) is 5.73 Å². The summed E-state index contributed by atoms with van der Waals surface area (Å²) in [4.78, 5) is 8.71.